The average Bonchev–Trinajstić information content (AvgIpc) is 3.42. The molecule has 3 aromatic heterocycles. The summed E-state index contributed by atoms with van der Waals surface area (Å²) in [6.07, 6.45) is 0.513. The van der Waals surface area contributed by atoms with Crippen LogP contribution in [0, 0.1) is 0 Å². The molecular weight excluding hydrogens is 491 g/mol. The van der Waals surface area contributed by atoms with Gasteiger partial charge in [-0.25, -0.2) is 4.52 Å². The van der Waals surface area contributed by atoms with Gasteiger partial charge in [-0.3, -0.25) is 9.59 Å². The molecule has 1 aliphatic carbocycles. The SMILES string of the molecule is COc1nc(OC2CCC(NC(=O)c3cnn4cc(OCC(F)(F)F)ccc34)CC2)c(C(N)=O)s1. The Morgan fingerprint density at radius 1 is 1.26 bits per heavy atom. The molecule has 3 aromatic rings. The first-order valence-electron chi connectivity index (χ1n) is 10.6. The van der Waals surface area contributed by atoms with Gasteiger partial charge >= 0.3 is 6.18 Å². The first-order valence-corrected chi connectivity index (χ1v) is 11.4. The molecule has 35 heavy (non-hydrogen) atoms. The maximum atomic E-state index is 12.8. The normalized spacial score (nSPS) is 18.3. The molecule has 1 aliphatic rings. The monoisotopic (exact) mass is 513 g/mol. The number of aromatic nitrogens is 3. The molecule has 2 amide bonds. The third-order valence-electron chi connectivity index (χ3n) is 5.40. The topological polar surface area (TPSA) is 130 Å². The smallest absolute Gasteiger partial charge is 0.422 e. The third-order valence-corrected chi connectivity index (χ3v) is 6.41. The first-order chi connectivity index (χ1) is 16.6. The van der Waals surface area contributed by atoms with Crippen LogP contribution >= 0.6 is 11.3 Å². The number of rotatable bonds is 8. The van der Waals surface area contributed by atoms with Crippen LogP contribution in [-0.2, 0) is 0 Å². The van der Waals surface area contributed by atoms with Crippen LogP contribution in [-0.4, -0.2) is 58.5 Å². The zero-order valence-electron chi connectivity index (χ0n) is 18.5. The molecule has 0 unspecified atom stereocenters. The number of ether oxygens (including phenoxy) is 3. The lowest BCUT2D eigenvalue weighted by Gasteiger charge is -2.29. The van der Waals surface area contributed by atoms with Gasteiger partial charge in [0.15, 0.2) is 11.5 Å². The average molecular weight is 513 g/mol. The van der Waals surface area contributed by atoms with E-state index in [2.05, 4.69) is 15.4 Å². The predicted molar refractivity (Wildman–Crippen MR) is 118 cm³/mol. The lowest BCUT2D eigenvalue weighted by Crippen LogP contribution is -2.39. The van der Waals surface area contributed by atoms with Gasteiger partial charge in [0.25, 0.3) is 17.0 Å². The van der Waals surface area contributed by atoms with E-state index in [1.54, 1.807) is 0 Å². The van der Waals surface area contributed by atoms with Gasteiger partial charge in [-0.1, -0.05) is 11.3 Å². The van der Waals surface area contributed by atoms with Gasteiger partial charge in [0.2, 0.25) is 5.88 Å². The van der Waals surface area contributed by atoms with E-state index in [-0.39, 0.29) is 39.8 Å². The number of methoxy groups -OCH3 is 1. The van der Waals surface area contributed by atoms with E-state index in [1.165, 1.54) is 36.2 Å². The van der Waals surface area contributed by atoms with Crippen LogP contribution in [0.25, 0.3) is 5.52 Å². The molecule has 1 fully saturated rings. The van der Waals surface area contributed by atoms with E-state index < -0.39 is 18.7 Å². The number of nitrogens with two attached hydrogens (primary N) is 1. The fraction of sp³-hybridized carbons (Fsp3) is 0.429. The second-order valence-electron chi connectivity index (χ2n) is 7.90. The summed E-state index contributed by atoms with van der Waals surface area (Å²) in [5.41, 5.74) is 6.12. The number of halogens is 3. The highest BCUT2D eigenvalue weighted by Crippen LogP contribution is 2.33. The van der Waals surface area contributed by atoms with Crippen molar-refractivity contribution in [3.8, 4) is 16.8 Å². The van der Waals surface area contributed by atoms with E-state index >= 15 is 0 Å². The van der Waals surface area contributed by atoms with E-state index in [4.69, 9.17) is 19.9 Å². The summed E-state index contributed by atoms with van der Waals surface area (Å²) in [4.78, 5) is 28.7. The van der Waals surface area contributed by atoms with Gasteiger partial charge in [-0.15, -0.1) is 0 Å². The van der Waals surface area contributed by atoms with Gasteiger partial charge in [-0.2, -0.15) is 23.3 Å². The molecule has 3 heterocycles. The Labute approximate surface area is 201 Å². The van der Waals surface area contributed by atoms with Crippen molar-refractivity contribution in [2.45, 2.75) is 44.0 Å². The maximum absolute atomic E-state index is 12.8. The molecule has 0 saturated heterocycles. The first kappa shape index (κ1) is 24.6. The zero-order chi connectivity index (χ0) is 25.2. The van der Waals surface area contributed by atoms with Crippen molar-refractivity contribution in [2.24, 2.45) is 5.73 Å². The molecule has 0 radical (unpaired) electrons. The quantitative estimate of drug-likeness (QED) is 0.474. The summed E-state index contributed by atoms with van der Waals surface area (Å²) >= 11 is 1.01. The molecule has 0 bridgehead atoms. The van der Waals surface area contributed by atoms with Crippen LogP contribution in [0.4, 0.5) is 13.2 Å². The summed E-state index contributed by atoms with van der Waals surface area (Å²) in [6.45, 7) is -1.42. The Morgan fingerprint density at radius 3 is 2.66 bits per heavy atom. The molecule has 14 heteroatoms. The number of hydrogen-bond acceptors (Lipinski definition) is 8. The molecule has 188 valence electrons. The fourth-order valence-electron chi connectivity index (χ4n) is 3.75. The highest BCUT2D eigenvalue weighted by atomic mass is 32.1. The van der Waals surface area contributed by atoms with Gasteiger partial charge in [0.05, 0.1) is 30.6 Å². The van der Waals surface area contributed by atoms with E-state index in [0.29, 0.717) is 36.8 Å². The predicted octanol–water partition coefficient (Wildman–Crippen LogP) is 2.96. The Bertz CT molecular complexity index is 1220. The summed E-state index contributed by atoms with van der Waals surface area (Å²) in [7, 11) is 1.44. The number of fused-ring (bicyclic) bond motifs is 1. The standard InChI is InChI=1S/C21H22F3N5O5S/c1-32-20-28-19(16(35-20)17(25)30)34-12-4-2-11(3-5-12)27-18(31)14-8-26-29-9-13(6-7-15(14)29)33-10-21(22,23)24/h6-9,11-12H,2-5,10H2,1H3,(H2,25,30)(H,27,31). The molecule has 0 atom stereocenters. The summed E-state index contributed by atoms with van der Waals surface area (Å²) < 4.78 is 54.0. The number of alkyl halides is 3. The van der Waals surface area contributed by atoms with Crippen molar-refractivity contribution in [3.63, 3.8) is 0 Å². The third kappa shape index (κ3) is 5.93. The lowest BCUT2D eigenvalue weighted by atomic mass is 9.92. The number of nitrogens with one attached hydrogen (secondary N) is 1. The van der Waals surface area contributed by atoms with E-state index in [9.17, 15) is 22.8 Å². The molecule has 1 saturated carbocycles. The second-order valence-corrected chi connectivity index (χ2v) is 8.87. The van der Waals surface area contributed by atoms with E-state index in [1.807, 2.05) is 0 Å². The summed E-state index contributed by atoms with van der Waals surface area (Å²) in [6, 6.07) is 2.74. The molecule has 4 rings (SSSR count). The number of thiazole rings is 1. The molecule has 3 N–H and O–H groups in total. The number of nitrogens with zero attached hydrogens (tertiary/aromatic N) is 3. The second kappa shape index (κ2) is 9.98. The number of hydrogen-bond donors (Lipinski definition) is 2. The van der Waals surface area contributed by atoms with Gasteiger partial charge in [0.1, 0.15) is 11.9 Å². The Morgan fingerprint density at radius 2 is 2.00 bits per heavy atom. The van der Waals surface area contributed by atoms with Crippen molar-refractivity contribution in [1.82, 2.24) is 19.9 Å². The minimum atomic E-state index is -4.45. The van der Waals surface area contributed by atoms with Gasteiger partial charge < -0.3 is 25.3 Å². The molecule has 10 nitrogen and oxygen atoms in total. The van der Waals surface area contributed by atoms with Gasteiger partial charge in [-0.05, 0) is 37.8 Å². The Hall–Kier alpha value is -3.55. The minimum absolute atomic E-state index is 0.0135. The van der Waals surface area contributed by atoms with Crippen molar-refractivity contribution in [3.05, 3.63) is 35.0 Å². The van der Waals surface area contributed by atoms with Crippen LogP contribution in [0.5, 0.6) is 16.8 Å². The molecule has 0 aromatic carbocycles. The van der Waals surface area contributed by atoms with Crippen LogP contribution in [0.1, 0.15) is 45.7 Å². The summed E-state index contributed by atoms with van der Waals surface area (Å²) in [5.74, 6) is -0.847. The van der Waals surface area contributed by atoms with Crippen LogP contribution in [0.2, 0.25) is 0 Å². The zero-order valence-corrected chi connectivity index (χ0v) is 19.3. The molecule has 0 aliphatic heterocycles. The number of pyridine rings is 1. The Kier molecular flexibility index (Phi) is 7.00. The number of amides is 2. The Balaban J connectivity index is 1.33. The largest absolute Gasteiger partial charge is 0.483 e. The highest BCUT2D eigenvalue weighted by molar-refractivity contribution is 7.15. The van der Waals surface area contributed by atoms with Crippen LogP contribution in [0.3, 0.4) is 0 Å². The van der Waals surface area contributed by atoms with Gasteiger partial charge in [0, 0.05) is 6.04 Å². The number of carbonyl (C=O) groups is 2. The maximum Gasteiger partial charge on any atom is 0.422 e. The van der Waals surface area contributed by atoms with Crippen molar-refractivity contribution in [1.29, 1.82) is 0 Å². The molecule has 0 spiro atoms. The van der Waals surface area contributed by atoms with Crippen LogP contribution < -0.4 is 25.3 Å². The fourth-order valence-corrected chi connectivity index (χ4v) is 4.42. The van der Waals surface area contributed by atoms with Crippen LogP contribution in [0.15, 0.2) is 24.5 Å². The van der Waals surface area contributed by atoms with Crippen molar-refractivity contribution < 1.29 is 37.0 Å². The lowest BCUT2D eigenvalue weighted by molar-refractivity contribution is -0.153. The van der Waals surface area contributed by atoms with Crippen molar-refractivity contribution in [2.75, 3.05) is 13.7 Å². The highest BCUT2D eigenvalue weighted by Gasteiger charge is 2.29. The number of carbonyl (C=O) groups excluding carboxylic acids is 2. The minimum Gasteiger partial charge on any atom is -0.483 e. The van der Waals surface area contributed by atoms with E-state index in [0.717, 1.165) is 11.3 Å². The van der Waals surface area contributed by atoms with Crippen molar-refractivity contribution >= 4 is 28.7 Å². The molecular formula is C21H22F3N5O5S. The summed E-state index contributed by atoms with van der Waals surface area (Å²) in [5, 5.41) is 7.29. The number of primary amides is 1.